The van der Waals surface area contributed by atoms with Gasteiger partial charge in [0.05, 0.1) is 22.8 Å². The van der Waals surface area contributed by atoms with Crippen molar-refractivity contribution in [1.29, 1.82) is 0 Å². The van der Waals surface area contributed by atoms with E-state index in [2.05, 4.69) is 14.9 Å². The van der Waals surface area contributed by atoms with Gasteiger partial charge in [-0.25, -0.2) is 8.42 Å². The number of nitrogens with zero attached hydrogens (tertiary/aromatic N) is 1. The fraction of sp³-hybridized carbons (Fsp3) is 0.409. The van der Waals surface area contributed by atoms with Gasteiger partial charge >= 0.3 is 0 Å². The number of carbonyl (C=O) groups excluding carboxylic acids is 1. The Kier molecular flexibility index (Phi) is 7.12. The lowest BCUT2D eigenvalue weighted by atomic mass is 10.2. The van der Waals surface area contributed by atoms with Crippen molar-refractivity contribution in [1.82, 2.24) is 10.2 Å². The molecule has 7 nitrogen and oxygen atoms in total. The molecule has 0 spiro atoms. The minimum atomic E-state index is -3.72. The molecule has 1 fully saturated rings. The third-order valence-electron chi connectivity index (χ3n) is 5.03. The Bertz CT molecular complexity index is 966. The number of hydrogen-bond acceptors (Lipinski definition) is 5. The Morgan fingerprint density at radius 2 is 1.70 bits per heavy atom. The number of anilines is 1. The van der Waals surface area contributed by atoms with Crippen molar-refractivity contribution in [3.8, 4) is 0 Å². The largest absolute Gasteiger partial charge is 0.373 e. The molecule has 0 bridgehead atoms. The SMILES string of the molecule is Cc1ccccc1NS(=O)(=O)c1ccc(C(=O)NCCN2CC(C)OC(C)C2)cc1. The first-order valence-electron chi connectivity index (χ1n) is 10.1. The summed E-state index contributed by atoms with van der Waals surface area (Å²) < 4.78 is 33.5. The first kappa shape index (κ1) is 22.3. The molecule has 1 amide bonds. The molecule has 3 rings (SSSR count). The van der Waals surface area contributed by atoms with E-state index in [4.69, 9.17) is 4.74 Å². The fourth-order valence-electron chi connectivity index (χ4n) is 3.57. The molecule has 1 aliphatic rings. The van der Waals surface area contributed by atoms with Crippen molar-refractivity contribution in [3.63, 3.8) is 0 Å². The third kappa shape index (κ3) is 5.81. The van der Waals surface area contributed by atoms with Crippen molar-refractivity contribution in [3.05, 3.63) is 59.7 Å². The minimum absolute atomic E-state index is 0.110. The molecule has 0 aromatic heterocycles. The molecule has 8 heteroatoms. The van der Waals surface area contributed by atoms with Crippen molar-refractivity contribution in [2.45, 2.75) is 37.9 Å². The topological polar surface area (TPSA) is 87.7 Å². The number of ether oxygens (including phenoxy) is 1. The van der Waals surface area contributed by atoms with E-state index < -0.39 is 10.0 Å². The summed E-state index contributed by atoms with van der Waals surface area (Å²) in [6, 6.07) is 13.1. The summed E-state index contributed by atoms with van der Waals surface area (Å²) >= 11 is 0. The molecule has 2 atom stereocenters. The van der Waals surface area contributed by atoms with E-state index in [1.54, 1.807) is 12.1 Å². The van der Waals surface area contributed by atoms with Gasteiger partial charge in [-0.15, -0.1) is 0 Å². The Morgan fingerprint density at radius 3 is 2.33 bits per heavy atom. The van der Waals surface area contributed by atoms with E-state index in [1.165, 1.54) is 24.3 Å². The van der Waals surface area contributed by atoms with E-state index in [1.807, 2.05) is 32.9 Å². The number of benzene rings is 2. The number of amides is 1. The molecule has 2 aromatic rings. The second-order valence-electron chi connectivity index (χ2n) is 7.72. The van der Waals surface area contributed by atoms with Gasteiger partial charge in [-0.1, -0.05) is 18.2 Å². The number of carbonyl (C=O) groups is 1. The molecule has 2 N–H and O–H groups in total. The number of rotatable bonds is 7. The molecular weight excluding hydrogens is 402 g/mol. The second-order valence-corrected chi connectivity index (χ2v) is 9.40. The standard InChI is InChI=1S/C22H29N3O4S/c1-16-6-4-5-7-21(16)24-30(27,28)20-10-8-19(9-11-20)22(26)23-12-13-25-14-17(2)29-18(3)15-25/h4-11,17-18,24H,12-15H2,1-3H3,(H,23,26). The van der Waals surface area contributed by atoms with Crippen LogP contribution < -0.4 is 10.0 Å². The highest BCUT2D eigenvalue weighted by Crippen LogP contribution is 2.19. The number of aryl methyl sites for hydroxylation is 1. The quantitative estimate of drug-likeness (QED) is 0.704. The van der Waals surface area contributed by atoms with Crippen LogP contribution in [0.5, 0.6) is 0 Å². The zero-order valence-corrected chi connectivity index (χ0v) is 18.4. The Hall–Kier alpha value is -2.42. The van der Waals surface area contributed by atoms with Gasteiger partial charge in [0, 0.05) is 31.7 Å². The Morgan fingerprint density at radius 1 is 1.07 bits per heavy atom. The molecule has 2 unspecified atom stereocenters. The number of hydrogen-bond donors (Lipinski definition) is 2. The smallest absolute Gasteiger partial charge is 0.261 e. The van der Waals surface area contributed by atoms with E-state index in [0.29, 0.717) is 17.8 Å². The summed E-state index contributed by atoms with van der Waals surface area (Å²) in [7, 11) is -3.72. The normalized spacial score (nSPS) is 20.0. The number of sulfonamides is 1. The van der Waals surface area contributed by atoms with Crippen molar-refractivity contribution in [2.75, 3.05) is 30.9 Å². The van der Waals surface area contributed by atoms with Gasteiger partial charge < -0.3 is 10.1 Å². The second kappa shape index (κ2) is 9.59. The van der Waals surface area contributed by atoms with Gasteiger partial charge in [-0.05, 0) is 56.7 Å². The summed E-state index contributed by atoms with van der Waals surface area (Å²) in [5, 5.41) is 2.89. The van der Waals surface area contributed by atoms with E-state index in [-0.39, 0.29) is 23.0 Å². The molecule has 1 heterocycles. The predicted molar refractivity (Wildman–Crippen MR) is 117 cm³/mol. The lowest BCUT2D eigenvalue weighted by molar-refractivity contribution is -0.0672. The van der Waals surface area contributed by atoms with Crippen LogP contribution in [0.4, 0.5) is 5.69 Å². The molecule has 0 saturated carbocycles. The van der Waals surface area contributed by atoms with Crippen LogP contribution in [-0.2, 0) is 14.8 Å². The summed E-state index contributed by atoms with van der Waals surface area (Å²) in [6.07, 6.45) is 0.374. The van der Waals surface area contributed by atoms with Gasteiger partial charge in [-0.2, -0.15) is 0 Å². The van der Waals surface area contributed by atoms with Crippen LogP contribution in [0.15, 0.2) is 53.4 Å². The summed E-state index contributed by atoms with van der Waals surface area (Å²) in [5.41, 5.74) is 1.79. The maximum absolute atomic E-state index is 12.6. The molecule has 0 aliphatic carbocycles. The predicted octanol–water partition coefficient (Wildman–Crippen LogP) is 2.63. The van der Waals surface area contributed by atoms with Gasteiger partial charge in [-0.3, -0.25) is 14.4 Å². The molecule has 0 radical (unpaired) electrons. The Labute approximate surface area is 178 Å². The zero-order chi connectivity index (χ0) is 21.7. The summed E-state index contributed by atoms with van der Waals surface area (Å²) in [6.45, 7) is 8.89. The number of morpholine rings is 1. The van der Waals surface area contributed by atoms with Crippen LogP contribution in [0.1, 0.15) is 29.8 Å². The summed E-state index contributed by atoms with van der Waals surface area (Å²) in [4.78, 5) is 14.8. The fourth-order valence-corrected chi connectivity index (χ4v) is 4.70. The highest BCUT2D eigenvalue weighted by Gasteiger charge is 2.22. The number of para-hydroxylation sites is 1. The average molecular weight is 432 g/mol. The molecule has 1 aliphatic heterocycles. The maximum atomic E-state index is 12.6. The average Bonchev–Trinajstić information content (AvgIpc) is 2.69. The van der Waals surface area contributed by atoms with Crippen LogP contribution in [0.2, 0.25) is 0 Å². The van der Waals surface area contributed by atoms with Crippen molar-refractivity contribution in [2.24, 2.45) is 0 Å². The highest BCUT2D eigenvalue weighted by molar-refractivity contribution is 7.92. The van der Waals surface area contributed by atoms with E-state index in [0.717, 1.165) is 25.2 Å². The third-order valence-corrected chi connectivity index (χ3v) is 6.41. The van der Waals surface area contributed by atoms with Gasteiger partial charge in [0.25, 0.3) is 15.9 Å². The van der Waals surface area contributed by atoms with Gasteiger partial charge in [0.1, 0.15) is 0 Å². The molecular formula is C22H29N3O4S. The maximum Gasteiger partial charge on any atom is 0.261 e. The highest BCUT2D eigenvalue weighted by atomic mass is 32.2. The first-order valence-corrected chi connectivity index (χ1v) is 11.6. The summed E-state index contributed by atoms with van der Waals surface area (Å²) in [5.74, 6) is -0.222. The van der Waals surface area contributed by atoms with Crippen molar-refractivity contribution < 1.29 is 17.9 Å². The van der Waals surface area contributed by atoms with Crippen LogP contribution in [0.25, 0.3) is 0 Å². The number of nitrogens with one attached hydrogen (secondary N) is 2. The molecule has 162 valence electrons. The Balaban J connectivity index is 1.55. The van der Waals surface area contributed by atoms with Crippen molar-refractivity contribution >= 4 is 21.6 Å². The molecule has 2 aromatic carbocycles. The van der Waals surface area contributed by atoms with E-state index in [9.17, 15) is 13.2 Å². The monoisotopic (exact) mass is 431 g/mol. The lowest BCUT2D eigenvalue weighted by Gasteiger charge is -2.35. The van der Waals surface area contributed by atoms with Crippen LogP contribution >= 0.6 is 0 Å². The molecule has 30 heavy (non-hydrogen) atoms. The van der Waals surface area contributed by atoms with Crippen LogP contribution in [0.3, 0.4) is 0 Å². The van der Waals surface area contributed by atoms with Crippen LogP contribution in [0, 0.1) is 6.92 Å². The van der Waals surface area contributed by atoms with Crippen LogP contribution in [-0.4, -0.2) is 57.6 Å². The van der Waals surface area contributed by atoms with E-state index >= 15 is 0 Å². The lowest BCUT2D eigenvalue weighted by Crippen LogP contribution is -2.47. The first-order chi connectivity index (χ1) is 14.2. The van der Waals surface area contributed by atoms with Gasteiger partial charge in [0.15, 0.2) is 0 Å². The van der Waals surface area contributed by atoms with Gasteiger partial charge in [0.2, 0.25) is 0 Å². The minimum Gasteiger partial charge on any atom is -0.373 e. The zero-order valence-electron chi connectivity index (χ0n) is 17.6. The molecule has 1 saturated heterocycles.